The molecule has 3 heteroatoms. The molecular weight excluding hydrogens is 208 g/mol. The molecule has 1 aromatic heterocycles. The van der Waals surface area contributed by atoms with Gasteiger partial charge in [0.15, 0.2) is 8.32 Å². The van der Waals surface area contributed by atoms with Gasteiger partial charge in [0.2, 0.25) is 0 Å². The normalized spacial score (nSPS) is 13.2. The Hall–Kier alpha value is -0.123. The van der Waals surface area contributed by atoms with Crippen molar-refractivity contribution >= 4 is 19.7 Å². The molecule has 0 amide bonds. The summed E-state index contributed by atoms with van der Waals surface area (Å²) in [5, 5.41) is 4.57. The lowest BCUT2D eigenvalue weighted by molar-refractivity contribution is 0.277. The number of hydrogen-bond donors (Lipinski definition) is 0. The molecule has 0 bridgehead atoms. The van der Waals surface area contributed by atoms with Gasteiger partial charge in [-0.15, -0.1) is 0 Å². The monoisotopic (exact) mass is 228 g/mol. The van der Waals surface area contributed by atoms with Gasteiger partial charge in [-0.3, -0.25) is 0 Å². The average Bonchev–Trinajstić information content (AvgIpc) is 2.50. The van der Waals surface area contributed by atoms with Crippen LogP contribution in [-0.2, 0) is 11.0 Å². The van der Waals surface area contributed by atoms with Crippen molar-refractivity contribution < 1.29 is 4.43 Å². The van der Waals surface area contributed by atoms with Gasteiger partial charge in [-0.25, -0.2) is 0 Å². The van der Waals surface area contributed by atoms with Crippen LogP contribution in [0.5, 0.6) is 0 Å². The minimum Gasteiger partial charge on any atom is -0.413 e. The van der Waals surface area contributed by atoms with Crippen molar-refractivity contribution in [2.75, 3.05) is 0 Å². The first-order valence-corrected chi connectivity index (χ1v) is 8.83. The van der Waals surface area contributed by atoms with Crippen molar-refractivity contribution in [3.05, 3.63) is 22.4 Å². The molecule has 0 aromatic carbocycles. The van der Waals surface area contributed by atoms with Gasteiger partial charge in [-0.1, -0.05) is 20.8 Å². The highest BCUT2D eigenvalue weighted by molar-refractivity contribution is 7.07. The van der Waals surface area contributed by atoms with Crippen LogP contribution in [-0.4, -0.2) is 8.32 Å². The fourth-order valence-corrected chi connectivity index (χ4v) is 2.47. The third-order valence-corrected chi connectivity index (χ3v) is 8.20. The lowest BCUT2D eigenvalue weighted by Gasteiger charge is -2.36. The fourth-order valence-electron chi connectivity index (χ4n) is 0.855. The zero-order chi connectivity index (χ0) is 10.8. The molecule has 14 heavy (non-hydrogen) atoms. The van der Waals surface area contributed by atoms with E-state index in [0.717, 1.165) is 6.61 Å². The standard InChI is InChI=1S/C11H20OSSi/c1-11(2,3)14(4,5)12-8-10-6-7-13-9-10/h6-7,9H,8H2,1-5H3. The van der Waals surface area contributed by atoms with Crippen LogP contribution < -0.4 is 0 Å². The maximum atomic E-state index is 6.08. The highest BCUT2D eigenvalue weighted by atomic mass is 32.1. The summed E-state index contributed by atoms with van der Waals surface area (Å²) < 4.78 is 6.08. The summed E-state index contributed by atoms with van der Waals surface area (Å²) in [5.41, 5.74) is 1.31. The first kappa shape index (κ1) is 11.9. The van der Waals surface area contributed by atoms with E-state index in [9.17, 15) is 0 Å². The van der Waals surface area contributed by atoms with Gasteiger partial charge in [-0.2, -0.15) is 11.3 Å². The number of hydrogen-bond acceptors (Lipinski definition) is 2. The molecule has 0 saturated heterocycles. The van der Waals surface area contributed by atoms with Crippen LogP contribution in [0.25, 0.3) is 0 Å². The van der Waals surface area contributed by atoms with Crippen molar-refractivity contribution in [3.63, 3.8) is 0 Å². The maximum Gasteiger partial charge on any atom is 0.192 e. The molecule has 0 aliphatic heterocycles. The summed E-state index contributed by atoms with van der Waals surface area (Å²) in [4.78, 5) is 0. The Morgan fingerprint density at radius 1 is 1.36 bits per heavy atom. The van der Waals surface area contributed by atoms with Crippen molar-refractivity contribution in [2.45, 2.75) is 45.5 Å². The van der Waals surface area contributed by atoms with Crippen molar-refractivity contribution in [2.24, 2.45) is 0 Å². The van der Waals surface area contributed by atoms with Crippen molar-refractivity contribution in [1.82, 2.24) is 0 Å². The Balaban J connectivity index is 2.53. The molecule has 1 aromatic rings. The molecule has 0 atom stereocenters. The summed E-state index contributed by atoms with van der Waals surface area (Å²) in [5.74, 6) is 0. The van der Waals surface area contributed by atoms with E-state index in [0.29, 0.717) is 5.04 Å². The number of thiophene rings is 1. The second kappa shape index (κ2) is 4.17. The van der Waals surface area contributed by atoms with Gasteiger partial charge in [0, 0.05) is 0 Å². The van der Waals surface area contributed by atoms with Gasteiger partial charge in [0.25, 0.3) is 0 Å². The van der Waals surface area contributed by atoms with Gasteiger partial charge in [0.1, 0.15) is 0 Å². The first-order chi connectivity index (χ1) is 6.33. The highest BCUT2D eigenvalue weighted by Crippen LogP contribution is 2.37. The SMILES string of the molecule is CC(C)(C)[Si](C)(C)OCc1ccsc1. The fraction of sp³-hybridized carbons (Fsp3) is 0.636. The van der Waals surface area contributed by atoms with Crippen LogP contribution in [0.15, 0.2) is 16.8 Å². The van der Waals surface area contributed by atoms with E-state index < -0.39 is 8.32 Å². The third-order valence-electron chi connectivity index (χ3n) is 2.99. The van der Waals surface area contributed by atoms with Gasteiger partial charge in [0.05, 0.1) is 6.61 Å². The molecule has 0 unspecified atom stereocenters. The van der Waals surface area contributed by atoms with Gasteiger partial charge in [-0.05, 0) is 40.5 Å². The van der Waals surface area contributed by atoms with E-state index in [-0.39, 0.29) is 0 Å². The van der Waals surface area contributed by atoms with E-state index in [4.69, 9.17) is 4.43 Å². The molecule has 1 rings (SSSR count). The van der Waals surface area contributed by atoms with Crippen LogP contribution in [0.3, 0.4) is 0 Å². The molecule has 1 nitrogen and oxygen atoms in total. The highest BCUT2D eigenvalue weighted by Gasteiger charge is 2.36. The second-order valence-electron chi connectivity index (χ2n) is 5.18. The molecule has 0 aliphatic rings. The summed E-state index contributed by atoms with van der Waals surface area (Å²) in [6.07, 6.45) is 0. The predicted octanol–water partition coefficient (Wildman–Crippen LogP) is 4.27. The summed E-state index contributed by atoms with van der Waals surface area (Å²) in [7, 11) is -1.56. The van der Waals surface area contributed by atoms with E-state index in [1.807, 2.05) is 0 Å². The zero-order valence-electron chi connectivity index (χ0n) is 9.76. The number of rotatable bonds is 3. The van der Waals surface area contributed by atoms with Crippen molar-refractivity contribution in [1.29, 1.82) is 0 Å². The smallest absolute Gasteiger partial charge is 0.192 e. The largest absolute Gasteiger partial charge is 0.413 e. The molecule has 0 fully saturated rings. The van der Waals surface area contributed by atoms with Gasteiger partial charge < -0.3 is 4.43 Å². The minimum atomic E-state index is -1.56. The minimum absolute atomic E-state index is 0.309. The molecule has 0 spiro atoms. The predicted molar refractivity (Wildman–Crippen MR) is 66.3 cm³/mol. The van der Waals surface area contributed by atoms with Crippen LogP contribution in [0.4, 0.5) is 0 Å². The van der Waals surface area contributed by atoms with E-state index >= 15 is 0 Å². The Labute approximate surface area is 92.2 Å². The van der Waals surface area contributed by atoms with Crippen LogP contribution >= 0.6 is 11.3 Å². The first-order valence-electron chi connectivity index (χ1n) is 4.98. The lowest BCUT2D eigenvalue weighted by Crippen LogP contribution is -2.40. The lowest BCUT2D eigenvalue weighted by atomic mass is 10.2. The van der Waals surface area contributed by atoms with E-state index in [2.05, 4.69) is 50.7 Å². The quantitative estimate of drug-likeness (QED) is 0.702. The Morgan fingerprint density at radius 3 is 2.43 bits per heavy atom. The van der Waals surface area contributed by atoms with Crippen LogP contribution in [0, 0.1) is 0 Å². The van der Waals surface area contributed by atoms with E-state index in [1.54, 1.807) is 11.3 Å². The van der Waals surface area contributed by atoms with Crippen molar-refractivity contribution in [3.8, 4) is 0 Å². The maximum absolute atomic E-state index is 6.08. The Morgan fingerprint density at radius 2 is 2.00 bits per heavy atom. The molecular formula is C11H20OSSi. The molecule has 0 aliphatic carbocycles. The van der Waals surface area contributed by atoms with Gasteiger partial charge >= 0.3 is 0 Å². The molecule has 80 valence electrons. The molecule has 0 saturated carbocycles. The molecule has 0 N–H and O–H groups in total. The molecule has 1 heterocycles. The summed E-state index contributed by atoms with van der Waals surface area (Å²) >= 11 is 1.73. The topological polar surface area (TPSA) is 9.23 Å². The summed E-state index contributed by atoms with van der Waals surface area (Å²) in [6, 6.07) is 2.14. The molecule has 0 radical (unpaired) electrons. The average molecular weight is 228 g/mol. The Kier molecular flexibility index (Phi) is 3.56. The summed E-state index contributed by atoms with van der Waals surface area (Å²) in [6.45, 7) is 12.2. The Bertz CT molecular complexity index is 272. The second-order valence-corrected chi connectivity index (χ2v) is 10.8. The van der Waals surface area contributed by atoms with E-state index in [1.165, 1.54) is 5.56 Å². The van der Waals surface area contributed by atoms with Crippen LogP contribution in [0.1, 0.15) is 26.3 Å². The van der Waals surface area contributed by atoms with Crippen LogP contribution in [0.2, 0.25) is 18.1 Å². The third kappa shape index (κ3) is 2.94. The zero-order valence-corrected chi connectivity index (χ0v) is 11.6.